The number of carbonyl (C=O) groups is 1. The minimum Gasteiger partial charge on any atom is -0.466 e. The monoisotopic (exact) mass is 389 g/mol. The molecule has 24 heavy (non-hydrogen) atoms. The molecule has 0 spiro atoms. The summed E-state index contributed by atoms with van der Waals surface area (Å²) in [6, 6.07) is 0. The quantitative estimate of drug-likeness (QED) is 0.464. The molecule has 0 aliphatic carbocycles. The van der Waals surface area contributed by atoms with E-state index >= 15 is 0 Å². The van der Waals surface area contributed by atoms with Gasteiger partial charge in [0.1, 0.15) is 0 Å². The van der Waals surface area contributed by atoms with Gasteiger partial charge in [0.2, 0.25) is 0 Å². The molecule has 0 amide bonds. The Hall–Kier alpha value is -0.693. The predicted octanol–water partition coefficient (Wildman–Crippen LogP) is 5.37. The minimum atomic E-state index is -2.08. The van der Waals surface area contributed by atoms with Crippen molar-refractivity contribution >= 4 is 43.3 Å². The van der Waals surface area contributed by atoms with Gasteiger partial charge in [0, 0.05) is 10.4 Å². The van der Waals surface area contributed by atoms with Crippen LogP contribution in [0.5, 0.6) is 0 Å². The Bertz CT molecular complexity index is 593. The van der Waals surface area contributed by atoms with E-state index in [4.69, 9.17) is 20.8 Å². The van der Waals surface area contributed by atoms with E-state index in [1.807, 2.05) is 12.3 Å². The highest BCUT2D eigenvalue weighted by atomic mass is 35.5. The smallest absolute Gasteiger partial charge is 0.308 e. The molecule has 0 aliphatic heterocycles. The fraction of sp³-hybridized carbons (Fsp3) is 0.647. The van der Waals surface area contributed by atoms with E-state index < -0.39 is 14.4 Å². The van der Waals surface area contributed by atoms with Crippen LogP contribution in [0.4, 0.5) is 0 Å². The molecular weight excluding hydrogens is 362 g/mol. The van der Waals surface area contributed by atoms with Crippen molar-refractivity contribution in [3.05, 3.63) is 21.1 Å². The third kappa shape index (κ3) is 6.31. The van der Waals surface area contributed by atoms with Gasteiger partial charge in [0.05, 0.1) is 29.8 Å². The molecule has 0 aromatic carbocycles. The van der Waals surface area contributed by atoms with Crippen molar-refractivity contribution in [3.63, 3.8) is 0 Å². The molecule has 1 heterocycles. The Kier molecular flexibility index (Phi) is 7.65. The van der Waals surface area contributed by atoms with E-state index in [9.17, 15) is 4.79 Å². The van der Waals surface area contributed by atoms with Crippen LogP contribution in [-0.2, 0) is 14.0 Å². The second kappa shape index (κ2) is 8.60. The predicted molar refractivity (Wildman–Crippen MR) is 104 cm³/mol. The number of esters is 1. The van der Waals surface area contributed by atoms with Gasteiger partial charge in [0.25, 0.3) is 0 Å². The number of halogens is 1. The number of aromatic nitrogens is 1. The Morgan fingerprint density at radius 3 is 2.54 bits per heavy atom. The van der Waals surface area contributed by atoms with Crippen LogP contribution in [0.3, 0.4) is 0 Å². The standard InChI is InChI=1S/C17H28ClNO3SSi/c1-8-21-16(20)10-15(22-24(6,7)17(3,4)5)14(18)9-13-11-23-12(2)19-13/h9,11,15H,8,10H2,1-7H3/b14-9-/t15-/m0/s1. The molecule has 1 rings (SSSR count). The van der Waals surface area contributed by atoms with Gasteiger partial charge in [0.15, 0.2) is 8.32 Å². The van der Waals surface area contributed by atoms with Crippen LogP contribution in [0.2, 0.25) is 18.1 Å². The third-order valence-electron chi connectivity index (χ3n) is 4.13. The van der Waals surface area contributed by atoms with Crippen LogP contribution in [0.25, 0.3) is 6.08 Å². The summed E-state index contributed by atoms with van der Waals surface area (Å²) < 4.78 is 11.4. The Morgan fingerprint density at radius 2 is 2.08 bits per heavy atom. The van der Waals surface area contributed by atoms with Crippen molar-refractivity contribution in [1.29, 1.82) is 0 Å². The van der Waals surface area contributed by atoms with Gasteiger partial charge in [-0.1, -0.05) is 32.4 Å². The molecule has 0 radical (unpaired) electrons. The van der Waals surface area contributed by atoms with Gasteiger partial charge in [-0.2, -0.15) is 0 Å². The highest BCUT2D eigenvalue weighted by Gasteiger charge is 2.40. The van der Waals surface area contributed by atoms with E-state index in [0.29, 0.717) is 11.6 Å². The van der Waals surface area contributed by atoms with E-state index in [-0.39, 0.29) is 17.4 Å². The summed E-state index contributed by atoms with van der Waals surface area (Å²) in [6.07, 6.45) is 1.38. The van der Waals surface area contributed by atoms with Crippen LogP contribution in [0.1, 0.15) is 44.8 Å². The molecule has 1 aromatic rings. The molecule has 0 saturated heterocycles. The molecule has 1 aromatic heterocycles. The molecule has 4 nitrogen and oxygen atoms in total. The first kappa shape index (κ1) is 21.3. The molecule has 136 valence electrons. The Labute approximate surface area is 155 Å². The van der Waals surface area contributed by atoms with E-state index in [1.54, 1.807) is 24.3 Å². The van der Waals surface area contributed by atoms with Crippen molar-refractivity contribution < 1.29 is 14.0 Å². The maximum absolute atomic E-state index is 12.0. The van der Waals surface area contributed by atoms with Gasteiger partial charge in [-0.15, -0.1) is 11.3 Å². The molecule has 0 fully saturated rings. The van der Waals surface area contributed by atoms with Crippen LogP contribution in [0, 0.1) is 6.92 Å². The summed E-state index contributed by atoms with van der Waals surface area (Å²) >= 11 is 8.07. The molecule has 7 heteroatoms. The van der Waals surface area contributed by atoms with E-state index in [1.165, 1.54) is 0 Å². The average molecular weight is 390 g/mol. The van der Waals surface area contributed by atoms with Gasteiger partial charge >= 0.3 is 5.97 Å². The van der Waals surface area contributed by atoms with Gasteiger partial charge in [-0.25, -0.2) is 4.98 Å². The fourth-order valence-corrected chi connectivity index (χ4v) is 3.93. The first-order valence-corrected chi connectivity index (χ1v) is 12.3. The zero-order chi connectivity index (χ0) is 18.5. The van der Waals surface area contributed by atoms with Gasteiger partial charge < -0.3 is 9.16 Å². The number of rotatable bonds is 7. The maximum Gasteiger partial charge on any atom is 0.308 e. The summed E-state index contributed by atoms with van der Waals surface area (Å²) in [4.78, 5) is 16.4. The van der Waals surface area contributed by atoms with Gasteiger partial charge in [-0.05, 0) is 38.1 Å². The van der Waals surface area contributed by atoms with Crippen molar-refractivity contribution in [2.24, 2.45) is 0 Å². The van der Waals surface area contributed by atoms with Crippen molar-refractivity contribution in [2.75, 3.05) is 6.61 Å². The zero-order valence-electron chi connectivity index (χ0n) is 15.6. The lowest BCUT2D eigenvalue weighted by Crippen LogP contribution is -2.44. The van der Waals surface area contributed by atoms with Crippen LogP contribution >= 0.6 is 22.9 Å². The number of thiazole rings is 1. The largest absolute Gasteiger partial charge is 0.466 e. The number of hydrogen-bond donors (Lipinski definition) is 0. The number of aryl methyl sites for hydroxylation is 1. The second-order valence-corrected chi connectivity index (χ2v) is 13.5. The summed E-state index contributed by atoms with van der Waals surface area (Å²) in [5.41, 5.74) is 0.787. The number of nitrogens with zero attached hydrogens (tertiary/aromatic N) is 1. The molecule has 1 atom stereocenters. The second-order valence-electron chi connectivity index (χ2n) is 7.20. The Balaban J connectivity index is 3.04. The summed E-state index contributed by atoms with van der Waals surface area (Å²) in [7, 11) is -2.08. The molecular formula is C17H28ClNO3SSi. The van der Waals surface area contributed by atoms with Gasteiger partial charge in [-0.3, -0.25) is 4.79 Å². The van der Waals surface area contributed by atoms with Crippen molar-refractivity contribution in [2.45, 2.75) is 65.3 Å². The van der Waals surface area contributed by atoms with Crippen LogP contribution in [-0.4, -0.2) is 32.0 Å². The Morgan fingerprint density at radius 1 is 1.46 bits per heavy atom. The highest BCUT2D eigenvalue weighted by molar-refractivity contribution is 7.09. The van der Waals surface area contributed by atoms with Crippen LogP contribution in [0.15, 0.2) is 10.4 Å². The molecule has 0 aliphatic rings. The number of ether oxygens (including phenoxy) is 1. The molecule has 0 saturated carbocycles. The lowest BCUT2D eigenvalue weighted by molar-refractivity contribution is -0.144. The number of carbonyl (C=O) groups excluding carboxylic acids is 1. The van der Waals surface area contributed by atoms with Crippen molar-refractivity contribution in [3.8, 4) is 0 Å². The lowest BCUT2D eigenvalue weighted by Gasteiger charge is -2.39. The van der Waals surface area contributed by atoms with E-state index in [0.717, 1.165) is 10.7 Å². The molecule has 0 N–H and O–H groups in total. The first-order chi connectivity index (χ1) is 11.0. The number of hydrogen-bond acceptors (Lipinski definition) is 5. The summed E-state index contributed by atoms with van der Waals surface area (Å²) in [5.74, 6) is -0.304. The summed E-state index contributed by atoms with van der Waals surface area (Å²) in [5, 5.41) is 3.41. The maximum atomic E-state index is 12.0. The fourth-order valence-electron chi connectivity index (χ4n) is 1.78. The average Bonchev–Trinajstić information content (AvgIpc) is 2.82. The zero-order valence-corrected chi connectivity index (χ0v) is 18.2. The van der Waals surface area contributed by atoms with Crippen molar-refractivity contribution in [1.82, 2.24) is 4.98 Å². The minimum absolute atomic E-state index is 0.0221. The SMILES string of the molecule is CCOC(=O)C[C@H](O[Si](C)(C)C(C)(C)C)/C(Cl)=C/c1csc(C)n1. The normalized spacial score (nSPS) is 14.6. The lowest BCUT2D eigenvalue weighted by atomic mass is 10.2. The molecule has 0 unspecified atom stereocenters. The molecule has 0 bridgehead atoms. The highest BCUT2D eigenvalue weighted by Crippen LogP contribution is 2.39. The first-order valence-electron chi connectivity index (χ1n) is 8.09. The topological polar surface area (TPSA) is 48.4 Å². The summed E-state index contributed by atoms with van der Waals surface area (Å²) in [6.45, 7) is 14.8. The van der Waals surface area contributed by atoms with Crippen LogP contribution < -0.4 is 0 Å². The van der Waals surface area contributed by atoms with E-state index in [2.05, 4.69) is 38.8 Å². The third-order valence-corrected chi connectivity index (χ3v) is 9.76.